The first-order chi connectivity index (χ1) is 9.10. The zero-order chi connectivity index (χ0) is 13.8. The molecular formula is C13H18FN3OS. The molecule has 1 aromatic heterocycles. The highest BCUT2D eigenvalue weighted by Crippen LogP contribution is 2.29. The summed E-state index contributed by atoms with van der Waals surface area (Å²) < 4.78 is 13.1. The molecule has 104 valence electrons. The number of pyridine rings is 1. The fraction of sp³-hybridized carbons (Fsp3) is 0.538. The van der Waals surface area contributed by atoms with Crippen molar-refractivity contribution in [1.29, 1.82) is 0 Å². The molecule has 6 heteroatoms. The van der Waals surface area contributed by atoms with E-state index in [4.69, 9.17) is 5.73 Å². The molecule has 3 N–H and O–H groups in total. The second kappa shape index (κ2) is 6.23. The first-order valence-corrected chi connectivity index (χ1v) is 7.48. The summed E-state index contributed by atoms with van der Waals surface area (Å²) in [6.07, 6.45) is 4.05. The van der Waals surface area contributed by atoms with Gasteiger partial charge in [0.15, 0.2) is 0 Å². The highest BCUT2D eigenvalue weighted by atomic mass is 32.2. The summed E-state index contributed by atoms with van der Waals surface area (Å²) in [6, 6.07) is 1.28. The number of halogens is 1. The van der Waals surface area contributed by atoms with E-state index in [2.05, 4.69) is 17.2 Å². The smallest absolute Gasteiger partial charge is 0.255 e. The number of nitrogens with two attached hydrogens (primary N) is 1. The maximum atomic E-state index is 13.1. The lowest BCUT2D eigenvalue weighted by Crippen LogP contribution is -2.33. The van der Waals surface area contributed by atoms with E-state index in [9.17, 15) is 9.18 Å². The minimum atomic E-state index is -0.551. The van der Waals surface area contributed by atoms with Gasteiger partial charge in [-0.15, -0.1) is 0 Å². The van der Waals surface area contributed by atoms with Crippen LogP contribution in [-0.2, 0) is 0 Å². The van der Waals surface area contributed by atoms with Gasteiger partial charge < -0.3 is 11.1 Å². The van der Waals surface area contributed by atoms with Crippen LogP contribution in [0, 0.1) is 5.82 Å². The molecule has 0 spiro atoms. The second-order valence-corrected chi connectivity index (χ2v) is 6.22. The molecule has 0 bridgehead atoms. The molecule has 1 amide bonds. The molecule has 1 heterocycles. The Morgan fingerprint density at radius 3 is 3.16 bits per heavy atom. The fourth-order valence-electron chi connectivity index (χ4n) is 2.35. The van der Waals surface area contributed by atoms with E-state index in [0.29, 0.717) is 5.25 Å². The van der Waals surface area contributed by atoms with Gasteiger partial charge in [0.25, 0.3) is 5.91 Å². The van der Waals surface area contributed by atoms with Gasteiger partial charge in [-0.25, -0.2) is 9.37 Å². The standard InChI is InChI=1S/C13H18FN3OS/c1-2-19-10-4-3-9(6-10)17-13(18)11-5-8(14)7-16-12(11)15/h5,7,9-10H,2-4,6H2,1H3,(H2,15,16)(H,17,18). The summed E-state index contributed by atoms with van der Waals surface area (Å²) >= 11 is 1.92. The van der Waals surface area contributed by atoms with Crippen LogP contribution in [0.1, 0.15) is 36.5 Å². The van der Waals surface area contributed by atoms with Crippen LogP contribution >= 0.6 is 11.8 Å². The zero-order valence-electron chi connectivity index (χ0n) is 10.9. The maximum absolute atomic E-state index is 13.1. The van der Waals surface area contributed by atoms with Crippen molar-refractivity contribution in [2.45, 2.75) is 37.5 Å². The van der Waals surface area contributed by atoms with Crippen molar-refractivity contribution in [3.05, 3.63) is 23.6 Å². The first-order valence-electron chi connectivity index (χ1n) is 6.43. The number of rotatable bonds is 4. The molecule has 0 aliphatic heterocycles. The SMILES string of the molecule is CCSC1CCC(NC(=O)c2cc(F)cnc2N)C1. The fourth-order valence-corrected chi connectivity index (χ4v) is 3.50. The van der Waals surface area contributed by atoms with Crippen LogP contribution in [0.15, 0.2) is 12.3 Å². The molecule has 1 aliphatic rings. The van der Waals surface area contributed by atoms with Gasteiger partial charge in [0, 0.05) is 11.3 Å². The van der Waals surface area contributed by atoms with Crippen LogP contribution in [0.5, 0.6) is 0 Å². The number of thioether (sulfide) groups is 1. The molecule has 2 rings (SSSR count). The lowest BCUT2D eigenvalue weighted by molar-refractivity contribution is 0.0938. The quantitative estimate of drug-likeness (QED) is 0.889. The minimum absolute atomic E-state index is 0.0661. The Labute approximate surface area is 116 Å². The third-order valence-electron chi connectivity index (χ3n) is 3.25. The second-order valence-electron chi connectivity index (χ2n) is 4.65. The lowest BCUT2D eigenvalue weighted by Gasteiger charge is -2.13. The van der Waals surface area contributed by atoms with Crippen molar-refractivity contribution in [2.24, 2.45) is 0 Å². The molecule has 4 nitrogen and oxygen atoms in total. The Kier molecular flexibility index (Phi) is 4.63. The Morgan fingerprint density at radius 2 is 2.42 bits per heavy atom. The maximum Gasteiger partial charge on any atom is 0.255 e. The number of nitrogen functional groups attached to an aromatic ring is 1. The Hall–Kier alpha value is -1.30. The molecule has 0 radical (unpaired) electrons. The molecular weight excluding hydrogens is 265 g/mol. The van der Waals surface area contributed by atoms with Crippen LogP contribution in [0.25, 0.3) is 0 Å². The van der Waals surface area contributed by atoms with Crippen LogP contribution in [-0.4, -0.2) is 27.9 Å². The Bertz CT molecular complexity index is 469. The van der Waals surface area contributed by atoms with Gasteiger partial charge in [0.2, 0.25) is 0 Å². The Balaban J connectivity index is 1.96. The van der Waals surface area contributed by atoms with E-state index in [1.54, 1.807) is 0 Å². The van der Waals surface area contributed by atoms with Gasteiger partial charge in [0.05, 0.1) is 11.8 Å². The van der Waals surface area contributed by atoms with E-state index in [1.807, 2.05) is 11.8 Å². The molecule has 2 unspecified atom stereocenters. The molecule has 1 aliphatic carbocycles. The normalized spacial score (nSPS) is 22.4. The predicted molar refractivity (Wildman–Crippen MR) is 75.6 cm³/mol. The first kappa shape index (κ1) is 14.1. The highest BCUT2D eigenvalue weighted by molar-refractivity contribution is 7.99. The van der Waals surface area contributed by atoms with Gasteiger partial charge in [-0.3, -0.25) is 4.79 Å². The predicted octanol–water partition coefficient (Wildman–Crippen LogP) is 2.21. The number of carbonyl (C=O) groups excluding carboxylic acids is 1. The number of nitrogens with one attached hydrogen (secondary N) is 1. The van der Waals surface area contributed by atoms with E-state index in [1.165, 1.54) is 0 Å². The number of hydrogen-bond donors (Lipinski definition) is 2. The van der Waals surface area contributed by atoms with Crippen LogP contribution in [0.3, 0.4) is 0 Å². The molecule has 1 aromatic rings. The van der Waals surface area contributed by atoms with E-state index < -0.39 is 5.82 Å². The minimum Gasteiger partial charge on any atom is -0.383 e. The number of hydrogen-bond acceptors (Lipinski definition) is 4. The number of anilines is 1. The van der Waals surface area contributed by atoms with E-state index in [0.717, 1.165) is 37.3 Å². The number of carbonyl (C=O) groups is 1. The van der Waals surface area contributed by atoms with Gasteiger partial charge in [-0.2, -0.15) is 11.8 Å². The number of aromatic nitrogens is 1. The van der Waals surface area contributed by atoms with Crippen molar-refractivity contribution in [2.75, 3.05) is 11.5 Å². The molecule has 0 saturated heterocycles. The van der Waals surface area contributed by atoms with Crippen molar-refractivity contribution in [3.8, 4) is 0 Å². The van der Waals surface area contributed by atoms with Crippen LogP contribution in [0.2, 0.25) is 0 Å². The molecule has 1 fully saturated rings. The van der Waals surface area contributed by atoms with Crippen molar-refractivity contribution < 1.29 is 9.18 Å². The average molecular weight is 283 g/mol. The lowest BCUT2D eigenvalue weighted by atomic mass is 10.2. The summed E-state index contributed by atoms with van der Waals surface area (Å²) in [4.78, 5) is 15.7. The number of amides is 1. The monoisotopic (exact) mass is 283 g/mol. The van der Waals surface area contributed by atoms with Crippen LogP contribution in [0.4, 0.5) is 10.2 Å². The summed E-state index contributed by atoms with van der Waals surface area (Å²) in [5.41, 5.74) is 5.71. The molecule has 19 heavy (non-hydrogen) atoms. The third kappa shape index (κ3) is 3.59. The van der Waals surface area contributed by atoms with E-state index >= 15 is 0 Å². The highest BCUT2D eigenvalue weighted by Gasteiger charge is 2.26. The topological polar surface area (TPSA) is 68.0 Å². The van der Waals surface area contributed by atoms with Crippen molar-refractivity contribution in [3.63, 3.8) is 0 Å². The van der Waals surface area contributed by atoms with Gasteiger partial charge in [-0.05, 0) is 31.1 Å². The van der Waals surface area contributed by atoms with E-state index in [-0.39, 0.29) is 23.3 Å². The average Bonchev–Trinajstić information content (AvgIpc) is 2.80. The summed E-state index contributed by atoms with van der Waals surface area (Å²) in [6.45, 7) is 2.13. The summed E-state index contributed by atoms with van der Waals surface area (Å²) in [5, 5.41) is 3.52. The zero-order valence-corrected chi connectivity index (χ0v) is 11.7. The molecule has 2 atom stereocenters. The third-order valence-corrected chi connectivity index (χ3v) is 4.48. The van der Waals surface area contributed by atoms with Gasteiger partial charge >= 0.3 is 0 Å². The van der Waals surface area contributed by atoms with Crippen molar-refractivity contribution >= 4 is 23.5 Å². The summed E-state index contributed by atoms with van der Waals surface area (Å²) in [5.74, 6) is 0.268. The van der Waals surface area contributed by atoms with Crippen LogP contribution < -0.4 is 11.1 Å². The molecule has 0 aromatic carbocycles. The summed E-state index contributed by atoms with van der Waals surface area (Å²) in [7, 11) is 0. The largest absolute Gasteiger partial charge is 0.383 e. The van der Waals surface area contributed by atoms with Gasteiger partial charge in [0.1, 0.15) is 11.6 Å². The molecule has 1 saturated carbocycles. The number of nitrogens with zero attached hydrogens (tertiary/aromatic N) is 1. The van der Waals surface area contributed by atoms with Gasteiger partial charge in [-0.1, -0.05) is 6.92 Å². The van der Waals surface area contributed by atoms with Crippen molar-refractivity contribution in [1.82, 2.24) is 10.3 Å². The Morgan fingerprint density at radius 1 is 1.63 bits per heavy atom.